The number of oxazole rings is 1. The summed E-state index contributed by atoms with van der Waals surface area (Å²) in [7, 11) is 1.56. The highest BCUT2D eigenvalue weighted by Crippen LogP contribution is 2.30. The Kier molecular flexibility index (Phi) is 4.43. The number of fused-ring (bicyclic) bond motifs is 1. The number of hydrogen-bond acceptors (Lipinski definition) is 5. The van der Waals surface area contributed by atoms with E-state index in [1.807, 2.05) is 29.2 Å². The molecule has 1 N–H and O–H groups in total. The third-order valence-corrected chi connectivity index (χ3v) is 4.64. The third kappa shape index (κ3) is 3.33. The van der Waals surface area contributed by atoms with Crippen LogP contribution in [-0.2, 0) is 0 Å². The number of pyridine rings is 1. The van der Waals surface area contributed by atoms with Gasteiger partial charge in [0.2, 0.25) is 5.88 Å². The van der Waals surface area contributed by atoms with Gasteiger partial charge in [-0.3, -0.25) is 0 Å². The van der Waals surface area contributed by atoms with Crippen molar-refractivity contribution in [3.05, 3.63) is 48.5 Å². The second-order valence-electron chi connectivity index (χ2n) is 6.30. The Labute approximate surface area is 151 Å². The maximum absolute atomic E-state index is 12.4. The maximum atomic E-state index is 12.4. The number of amides is 2. The molecular weight excluding hydrogens is 332 g/mol. The topological polar surface area (TPSA) is 80.5 Å². The summed E-state index contributed by atoms with van der Waals surface area (Å²) in [6, 6.07) is 11.1. The molecule has 134 valence electrons. The van der Waals surface area contributed by atoms with Crippen molar-refractivity contribution < 1.29 is 13.9 Å². The van der Waals surface area contributed by atoms with E-state index in [0.717, 1.165) is 29.8 Å². The van der Waals surface area contributed by atoms with Crippen LogP contribution in [0.5, 0.6) is 5.88 Å². The fraction of sp³-hybridized carbons (Fsp3) is 0.316. The van der Waals surface area contributed by atoms with Crippen molar-refractivity contribution >= 4 is 22.8 Å². The first kappa shape index (κ1) is 16.4. The number of aromatic nitrogens is 2. The van der Waals surface area contributed by atoms with Crippen LogP contribution in [0.4, 0.5) is 10.5 Å². The largest absolute Gasteiger partial charge is 0.481 e. The van der Waals surface area contributed by atoms with Crippen LogP contribution in [-0.4, -0.2) is 41.1 Å². The molecule has 7 nitrogen and oxygen atoms in total. The Morgan fingerprint density at radius 1 is 1.23 bits per heavy atom. The Morgan fingerprint density at radius 3 is 2.73 bits per heavy atom. The van der Waals surface area contributed by atoms with Crippen molar-refractivity contribution in [1.29, 1.82) is 0 Å². The number of urea groups is 1. The standard InChI is InChI=1S/C19H20N4O3/c1-25-17-7-6-14(12-20-17)21-19(24)23-10-8-13(9-11-23)18-22-15-4-2-3-5-16(15)26-18/h2-7,12-13H,8-11H2,1H3,(H,21,24). The molecule has 26 heavy (non-hydrogen) atoms. The molecule has 1 aliphatic heterocycles. The zero-order valence-corrected chi connectivity index (χ0v) is 14.5. The predicted molar refractivity (Wildman–Crippen MR) is 97.4 cm³/mol. The average molecular weight is 352 g/mol. The third-order valence-electron chi connectivity index (χ3n) is 4.64. The van der Waals surface area contributed by atoms with E-state index in [1.165, 1.54) is 0 Å². The SMILES string of the molecule is COc1ccc(NC(=O)N2CCC(c3nc4ccccc4o3)CC2)cn1. The van der Waals surface area contributed by atoms with Crippen LogP contribution in [0.1, 0.15) is 24.7 Å². The van der Waals surface area contributed by atoms with Crippen molar-refractivity contribution in [1.82, 2.24) is 14.9 Å². The van der Waals surface area contributed by atoms with E-state index in [2.05, 4.69) is 15.3 Å². The Balaban J connectivity index is 1.35. The summed E-state index contributed by atoms with van der Waals surface area (Å²) in [4.78, 5) is 22.9. The number of para-hydroxylation sites is 2. The lowest BCUT2D eigenvalue weighted by Crippen LogP contribution is -2.40. The Hall–Kier alpha value is -3.09. The Bertz CT molecular complexity index is 866. The molecule has 3 aromatic rings. The minimum absolute atomic E-state index is 0.118. The first-order valence-electron chi connectivity index (χ1n) is 8.64. The van der Waals surface area contributed by atoms with Crippen molar-refractivity contribution in [2.75, 3.05) is 25.5 Å². The molecule has 0 unspecified atom stereocenters. The summed E-state index contributed by atoms with van der Waals surface area (Å²) in [5, 5.41) is 2.87. The molecule has 3 heterocycles. The number of rotatable bonds is 3. The van der Waals surface area contributed by atoms with Crippen LogP contribution >= 0.6 is 0 Å². The number of likely N-dealkylation sites (tertiary alicyclic amines) is 1. The molecule has 2 amide bonds. The predicted octanol–water partition coefficient (Wildman–Crippen LogP) is 3.64. The minimum Gasteiger partial charge on any atom is -0.481 e. The van der Waals surface area contributed by atoms with Gasteiger partial charge < -0.3 is 19.4 Å². The number of nitrogens with zero attached hydrogens (tertiary/aromatic N) is 3. The molecule has 0 saturated carbocycles. The van der Waals surface area contributed by atoms with E-state index in [4.69, 9.17) is 9.15 Å². The highest BCUT2D eigenvalue weighted by atomic mass is 16.5. The summed E-state index contributed by atoms with van der Waals surface area (Å²) in [5.74, 6) is 1.53. The van der Waals surface area contributed by atoms with E-state index in [0.29, 0.717) is 24.7 Å². The molecular formula is C19H20N4O3. The van der Waals surface area contributed by atoms with Crippen molar-refractivity contribution in [3.8, 4) is 5.88 Å². The van der Waals surface area contributed by atoms with E-state index < -0.39 is 0 Å². The van der Waals surface area contributed by atoms with Crippen molar-refractivity contribution in [2.45, 2.75) is 18.8 Å². The van der Waals surface area contributed by atoms with Gasteiger partial charge in [0.15, 0.2) is 11.5 Å². The van der Waals surface area contributed by atoms with Crippen LogP contribution in [0.25, 0.3) is 11.1 Å². The monoisotopic (exact) mass is 352 g/mol. The average Bonchev–Trinajstić information content (AvgIpc) is 3.13. The number of anilines is 1. The number of methoxy groups -OCH3 is 1. The van der Waals surface area contributed by atoms with Gasteiger partial charge in [-0.05, 0) is 31.0 Å². The molecule has 0 bridgehead atoms. The smallest absolute Gasteiger partial charge is 0.321 e. The van der Waals surface area contributed by atoms with Crippen LogP contribution in [0.2, 0.25) is 0 Å². The summed E-state index contributed by atoms with van der Waals surface area (Å²) in [6.07, 6.45) is 3.25. The first-order valence-corrected chi connectivity index (χ1v) is 8.64. The fourth-order valence-corrected chi connectivity index (χ4v) is 3.17. The molecule has 0 radical (unpaired) electrons. The molecule has 1 saturated heterocycles. The molecule has 1 aliphatic rings. The van der Waals surface area contributed by atoms with Crippen molar-refractivity contribution in [3.63, 3.8) is 0 Å². The number of carbonyl (C=O) groups excluding carboxylic acids is 1. The summed E-state index contributed by atoms with van der Waals surface area (Å²) in [6.45, 7) is 1.33. The number of nitrogens with one attached hydrogen (secondary N) is 1. The van der Waals surface area contributed by atoms with E-state index in [9.17, 15) is 4.79 Å². The second kappa shape index (κ2) is 7.03. The quantitative estimate of drug-likeness (QED) is 0.778. The molecule has 0 spiro atoms. The van der Waals surface area contributed by atoms with Gasteiger partial charge in [0.25, 0.3) is 0 Å². The lowest BCUT2D eigenvalue weighted by molar-refractivity contribution is 0.190. The van der Waals surface area contributed by atoms with Crippen LogP contribution in [0.15, 0.2) is 47.0 Å². The van der Waals surface area contributed by atoms with Gasteiger partial charge in [-0.15, -0.1) is 0 Å². The number of ether oxygens (including phenoxy) is 1. The summed E-state index contributed by atoms with van der Waals surface area (Å²) >= 11 is 0. The summed E-state index contributed by atoms with van der Waals surface area (Å²) in [5.41, 5.74) is 2.35. The molecule has 2 aromatic heterocycles. The minimum atomic E-state index is -0.118. The van der Waals surface area contributed by atoms with Crippen LogP contribution < -0.4 is 10.1 Å². The zero-order valence-electron chi connectivity index (χ0n) is 14.5. The van der Waals surface area contributed by atoms with Gasteiger partial charge in [-0.1, -0.05) is 12.1 Å². The number of carbonyl (C=O) groups is 1. The normalized spacial score (nSPS) is 15.2. The van der Waals surface area contributed by atoms with E-state index in [-0.39, 0.29) is 11.9 Å². The number of piperidine rings is 1. The van der Waals surface area contributed by atoms with E-state index >= 15 is 0 Å². The molecule has 0 aliphatic carbocycles. The molecule has 4 rings (SSSR count). The maximum Gasteiger partial charge on any atom is 0.321 e. The zero-order chi connectivity index (χ0) is 17.9. The van der Waals surface area contributed by atoms with Gasteiger partial charge in [0, 0.05) is 25.1 Å². The number of benzene rings is 1. The van der Waals surface area contributed by atoms with Crippen LogP contribution in [0.3, 0.4) is 0 Å². The van der Waals surface area contributed by atoms with Gasteiger partial charge in [0.05, 0.1) is 19.0 Å². The van der Waals surface area contributed by atoms with Gasteiger partial charge >= 0.3 is 6.03 Å². The lowest BCUT2D eigenvalue weighted by atomic mass is 9.97. The first-order chi connectivity index (χ1) is 12.7. The fourth-order valence-electron chi connectivity index (χ4n) is 3.17. The summed E-state index contributed by atoms with van der Waals surface area (Å²) < 4.78 is 10.9. The molecule has 0 atom stereocenters. The van der Waals surface area contributed by atoms with Gasteiger partial charge in [-0.25, -0.2) is 14.8 Å². The van der Waals surface area contributed by atoms with Gasteiger partial charge in [-0.2, -0.15) is 0 Å². The highest BCUT2D eigenvalue weighted by molar-refractivity contribution is 5.89. The highest BCUT2D eigenvalue weighted by Gasteiger charge is 2.27. The Morgan fingerprint density at radius 2 is 2.04 bits per heavy atom. The number of hydrogen-bond donors (Lipinski definition) is 1. The van der Waals surface area contributed by atoms with Crippen LogP contribution in [0, 0.1) is 0 Å². The van der Waals surface area contributed by atoms with Gasteiger partial charge in [0.1, 0.15) is 5.52 Å². The van der Waals surface area contributed by atoms with Crippen molar-refractivity contribution in [2.24, 2.45) is 0 Å². The lowest BCUT2D eigenvalue weighted by Gasteiger charge is -2.30. The molecule has 1 fully saturated rings. The second-order valence-corrected chi connectivity index (χ2v) is 6.30. The molecule has 1 aromatic carbocycles. The van der Waals surface area contributed by atoms with E-state index in [1.54, 1.807) is 25.4 Å². The molecule has 7 heteroatoms.